The minimum atomic E-state index is -0.873. The van der Waals surface area contributed by atoms with Crippen LogP contribution in [0.25, 0.3) is 0 Å². The number of esters is 2. The van der Waals surface area contributed by atoms with Crippen molar-refractivity contribution in [2.24, 2.45) is 0 Å². The van der Waals surface area contributed by atoms with Gasteiger partial charge >= 0.3 is 17.9 Å². The molecule has 55 heavy (non-hydrogen) atoms. The molecule has 8 nitrogen and oxygen atoms in total. The maximum atomic E-state index is 12.7. The minimum absolute atomic E-state index is 0.0466. The average molecular weight is 781 g/mol. The van der Waals surface area contributed by atoms with Crippen molar-refractivity contribution < 1.29 is 38.2 Å². The fourth-order valence-electron chi connectivity index (χ4n) is 7.03. The lowest BCUT2D eigenvalue weighted by Crippen LogP contribution is -2.50. The molecule has 1 N–H and O–H groups in total. The summed E-state index contributed by atoms with van der Waals surface area (Å²) in [6, 6.07) is -0.611. The number of likely N-dealkylation sites (N-methyl/N-ethyl adjacent to an activating group) is 1. The van der Waals surface area contributed by atoms with Crippen LogP contribution in [-0.4, -0.2) is 80.6 Å². The molecule has 2 unspecified atom stereocenters. The molecule has 0 saturated carbocycles. The van der Waals surface area contributed by atoms with Gasteiger partial charge in [0.1, 0.15) is 6.61 Å². The number of nitrogens with zero attached hydrogens (tertiary/aromatic N) is 1. The number of aliphatic carboxylic acids is 1. The van der Waals surface area contributed by atoms with Gasteiger partial charge in [-0.3, -0.25) is 9.59 Å². The molecule has 0 aliphatic heterocycles. The van der Waals surface area contributed by atoms with Crippen LogP contribution >= 0.6 is 0 Å². The van der Waals surface area contributed by atoms with E-state index in [9.17, 15) is 19.5 Å². The van der Waals surface area contributed by atoms with E-state index in [4.69, 9.17) is 14.2 Å². The van der Waals surface area contributed by atoms with Crippen LogP contribution in [0, 0.1) is 0 Å². The second-order valence-corrected chi connectivity index (χ2v) is 17.0. The van der Waals surface area contributed by atoms with E-state index >= 15 is 0 Å². The first-order valence-electron chi connectivity index (χ1n) is 23.2. The van der Waals surface area contributed by atoms with Gasteiger partial charge in [0.05, 0.1) is 34.4 Å². The molecule has 8 heteroatoms. The highest BCUT2D eigenvalue weighted by atomic mass is 16.6. The van der Waals surface area contributed by atoms with E-state index in [2.05, 4.69) is 26.0 Å². The number of allylic oxidation sites excluding steroid dienone is 2. The maximum Gasteiger partial charge on any atom is 0.362 e. The molecule has 0 saturated heterocycles. The number of hydrogen-bond donors (Lipinski definition) is 1. The molecule has 0 amide bonds. The summed E-state index contributed by atoms with van der Waals surface area (Å²) >= 11 is 0. The highest BCUT2D eigenvalue weighted by Crippen LogP contribution is 2.15. The number of carboxylic acids is 1. The zero-order valence-corrected chi connectivity index (χ0v) is 36.9. The second kappa shape index (κ2) is 38.9. The lowest BCUT2D eigenvalue weighted by Gasteiger charge is -2.31. The summed E-state index contributed by atoms with van der Waals surface area (Å²) < 4.78 is 17.3. The Bertz CT molecular complexity index is 915. The van der Waals surface area contributed by atoms with Gasteiger partial charge in [-0.2, -0.15) is 0 Å². The largest absolute Gasteiger partial charge is 0.477 e. The van der Waals surface area contributed by atoms with Crippen LogP contribution in [0.2, 0.25) is 0 Å². The molecule has 0 aromatic rings. The predicted molar refractivity (Wildman–Crippen MR) is 229 cm³/mol. The summed E-state index contributed by atoms with van der Waals surface area (Å²) in [7, 11) is 5.53. The van der Waals surface area contributed by atoms with E-state index in [-0.39, 0.29) is 36.2 Å². The summed E-state index contributed by atoms with van der Waals surface area (Å²) in [5, 5.41) is 9.62. The Kier molecular flexibility index (Phi) is 37.6. The minimum Gasteiger partial charge on any atom is -0.477 e. The molecule has 0 heterocycles. The third-order valence-corrected chi connectivity index (χ3v) is 10.7. The van der Waals surface area contributed by atoms with Gasteiger partial charge in [-0.05, 0) is 38.5 Å². The first-order valence-corrected chi connectivity index (χ1v) is 23.2. The highest BCUT2D eigenvalue weighted by molar-refractivity contribution is 5.72. The fourth-order valence-corrected chi connectivity index (χ4v) is 7.03. The van der Waals surface area contributed by atoms with E-state index in [1.54, 1.807) is 0 Å². The van der Waals surface area contributed by atoms with Crippen molar-refractivity contribution in [1.82, 2.24) is 0 Å². The molecule has 0 aliphatic rings. The molecule has 0 aromatic heterocycles. The highest BCUT2D eigenvalue weighted by Gasteiger charge is 2.31. The van der Waals surface area contributed by atoms with E-state index < -0.39 is 18.1 Å². The molecule has 324 valence electrons. The summed E-state index contributed by atoms with van der Waals surface area (Å²) in [6.07, 6.45) is 41.0. The summed E-state index contributed by atoms with van der Waals surface area (Å²) in [5.41, 5.74) is 0. The second-order valence-electron chi connectivity index (χ2n) is 17.0. The summed E-state index contributed by atoms with van der Waals surface area (Å²) in [5.74, 6) is -1.46. The molecule has 0 fully saturated rings. The summed E-state index contributed by atoms with van der Waals surface area (Å²) in [6.45, 7) is 4.76. The monoisotopic (exact) mass is 781 g/mol. The Morgan fingerprint density at radius 1 is 0.527 bits per heavy atom. The van der Waals surface area contributed by atoms with Crippen molar-refractivity contribution in [3.8, 4) is 0 Å². The van der Waals surface area contributed by atoms with Crippen molar-refractivity contribution in [2.75, 3.05) is 41.0 Å². The van der Waals surface area contributed by atoms with Gasteiger partial charge in [0.25, 0.3) is 0 Å². The Morgan fingerprint density at radius 3 is 1.31 bits per heavy atom. The first-order chi connectivity index (χ1) is 26.6. The molecule has 0 aliphatic carbocycles. The van der Waals surface area contributed by atoms with Crippen molar-refractivity contribution in [2.45, 2.75) is 231 Å². The normalized spacial score (nSPS) is 13.0. The number of unbranched alkanes of at least 4 members (excludes halogenated alkanes) is 26. The molecule has 0 radical (unpaired) electrons. The molecular weight excluding hydrogens is 691 g/mol. The van der Waals surface area contributed by atoms with Gasteiger partial charge in [0.15, 0.2) is 12.1 Å². The maximum absolute atomic E-state index is 12.7. The first kappa shape index (κ1) is 53.1. The van der Waals surface area contributed by atoms with E-state index in [0.717, 1.165) is 38.5 Å². The molecule has 0 rings (SSSR count). The number of ether oxygens (including phenoxy) is 3. The fraction of sp³-hybridized carbons (Fsp3) is 0.894. The predicted octanol–water partition coefficient (Wildman–Crippen LogP) is 12.7. The van der Waals surface area contributed by atoms with Crippen molar-refractivity contribution in [1.29, 1.82) is 0 Å². The van der Waals surface area contributed by atoms with E-state index in [0.29, 0.717) is 19.3 Å². The van der Waals surface area contributed by atoms with E-state index in [1.165, 1.54) is 148 Å². The van der Waals surface area contributed by atoms with Gasteiger partial charge in [0.2, 0.25) is 0 Å². The summed E-state index contributed by atoms with van der Waals surface area (Å²) in [4.78, 5) is 37.0. The number of rotatable bonds is 42. The molecule has 0 spiro atoms. The Balaban J connectivity index is 4.29. The third-order valence-electron chi connectivity index (χ3n) is 10.7. The third kappa shape index (κ3) is 37.4. The zero-order valence-electron chi connectivity index (χ0n) is 36.9. The van der Waals surface area contributed by atoms with Crippen LogP contribution in [0.3, 0.4) is 0 Å². The number of carbonyl (C=O) groups is 3. The zero-order chi connectivity index (χ0) is 40.7. The lowest BCUT2D eigenvalue weighted by molar-refractivity contribution is -0.887. The number of carbonyl (C=O) groups excluding carboxylic acids is 2. The Hall–Kier alpha value is -1.93. The average Bonchev–Trinajstić information content (AvgIpc) is 3.14. The van der Waals surface area contributed by atoms with Crippen LogP contribution in [0.15, 0.2) is 12.2 Å². The van der Waals surface area contributed by atoms with Crippen LogP contribution in [0.1, 0.15) is 219 Å². The Labute approximate surface area is 339 Å². The molecular formula is C47H90NO7+. The number of quaternary nitrogens is 1. The number of carboxylic acid groups (broad SMARTS) is 1. The van der Waals surface area contributed by atoms with Gasteiger partial charge in [0, 0.05) is 19.3 Å². The smallest absolute Gasteiger partial charge is 0.362 e. The topological polar surface area (TPSA) is 99.1 Å². The standard InChI is InChI=1S/C47H89NO7/c1-6-8-10-12-14-16-18-20-21-22-23-24-26-28-30-32-34-36-38-46(50)55-43(41-53-40-39-44(47(51)52)48(3,4)5)42-54-45(49)37-35-33-31-29-27-25-19-17-15-13-11-9-7-2/h21-22,43-44H,6-20,23-42H2,1-5H3/p+1/b22-21-. The number of hydrogen-bond acceptors (Lipinski definition) is 6. The lowest BCUT2D eigenvalue weighted by atomic mass is 10.0. The van der Waals surface area contributed by atoms with Gasteiger partial charge < -0.3 is 23.8 Å². The molecule has 2 atom stereocenters. The van der Waals surface area contributed by atoms with Crippen LogP contribution in [0.5, 0.6) is 0 Å². The van der Waals surface area contributed by atoms with Crippen LogP contribution in [-0.2, 0) is 28.6 Å². The van der Waals surface area contributed by atoms with Crippen LogP contribution < -0.4 is 0 Å². The van der Waals surface area contributed by atoms with Crippen molar-refractivity contribution in [3.05, 3.63) is 12.2 Å². The SMILES string of the molecule is CCCCCCCCC/C=C\CCCCCCCCCC(=O)OC(COCCC(C(=O)O)[N+](C)(C)C)COC(=O)CCCCCCCCCCCCCCC. The molecule has 0 bridgehead atoms. The van der Waals surface area contributed by atoms with Crippen LogP contribution in [0.4, 0.5) is 0 Å². The van der Waals surface area contributed by atoms with Gasteiger partial charge in [-0.15, -0.1) is 0 Å². The Morgan fingerprint density at radius 2 is 0.909 bits per heavy atom. The van der Waals surface area contributed by atoms with E-state index in [1.807, 2.05) is 21.1 Å². The van der Waals surface area contributed by atoms with Crippen molar-refractivity contribution in [3.63, 3.8) is 0 Å². The van der Waals surface area contributed by atoms with Gasteiger partial charge in [-0.25, -0.2) is 4.79 Å². The quantitative estimate of drug-likeness (QED) is 0.0285. The molecule has 0 aromatic carbocycles. The van der Waals surface area contributed by atoms with Crippen molar-refractivity contribution >= 4 is 17.9 Å². The van der Waals surface area contributed by atoms with Gasteiger partial charge in [-0.1, -0.05) is 174 Å².